The third-order valence-electron chi connectivity index (χ3n) is 2.16. The first-order valence-corrected chi connectivity index (χ1v) is 5.24. The van der Waals surface area contributed by atoms with Gasteiger partial charge in [-0.2, -0.15) is 0 Å². The van der Waals surface area contributed by atoms with Crippen LogP contribution in [0.3, 0.4) is 0 Å². The molecule has 3 N–H and O–H groups in total. The summed E-state index contributed by atoms with van der Waals surface area (Å²) in [6, 6.07) is 4.11. The SMILES string of the molecule is CC[C@H](O)[C@H](N)c1ccc(Br)c(F)c1. The van der Waals surface area contributed by atoms with Gasteiger partial charge in [0.15, 0.2) is 0 Å². The second kappa shape index (κ2) is 4.87. The highest BCUT2D eigenvalue weighted by molar-refractivity contribution is 9.10. The lowest BCUT2D eigenvalue weighted by atomic mass is 10.0. The number of aliphatic hydroxyl groups excluding tert-OH is 1. The third-order valence-corrected chi connectivity index (χ3v) is 2.80. The van der Waals surface area contributed by atoms with Gasteiger partial charge in [0, 0.05) is 0 Å². The van der Waals surface area contributed by atoms with Gasteiger partial charge in [0.2, 0.25) is 0 Å². The van der Waals surface area contributed by atoms with Gasteiger partial charge in [-0.3, -0.25) is 0 Å². The van der Waals surface area contributed by atoms with Crippen molar-refractivity contribution in [1.29, 1.82) is 0 Å². The van der Waals surface area contributed by atoms with Crippen LogP contribution >= 0.6 is 15.9 Å². The summed E-state index contributed by atoms with van der Waals surface area (Å²) >= 11 is 3.05. The minimum atomic E-state index is -0.629. The highest BCUT2D eigenvalue weighted by Gasteiger charge is 2.15. The van der Waals surface area contributed by atoms with Crippen LogP contribution in [0.25, 0.3) is 0 Å². The smallest absolute Gasteiger partial charge is 0.137 e. The van der Waals surface area contributed by atoms with Crippen LogP contribution in [0.4, 0.5) is 4.39 Å². The molecule has 2 nitrogen and oxygen atoms in total. The molecule has 78 valence electrons. The predicted molar refractivity (Wildman–Crippen MR) is 57.3 cm³/mol. The number of rotatable bonds is 3. The minimum absolute atomic E-state index is 0.360. The van der Waals surface area contributed by atoms with Gasteiger partial charge in [0.05, 0.1) is 16.6 Å². The molecular formula is C10H13BrFNO. The molecule has 1 aromatic rings. The fourth-order valence-corrected chi connectivity index (χ4v) is 1.44. The van der Waals surface area contributed by atoms with Crippen LogP contribution in [0, 0.1) is 5.82 Å². The predicted octanol–water partition coefficient (Wildman–Crippen LogP) is 2.36. The van der Waals surface area contributed by atoms with Crippen molar-refractivity contribution in [2.45, 2.75) is 25.5 Å². The maximum Gasteiger partial charge on any atom is 0.137 e. The third kappa shape index (κ3) is 2.53. The maximum atomic E-state index is 13.1. The summed E-state index contributed by atoms with van der Waals surface area (Å²) in [4.78, 5) is 0. The Hall–Kier alpha value is -0.450. The van der Waals surface area contributed by atoms with Crippen molar-refractivity contribution in [2.24, 2.45) is 5.73 Å². The fourth-order valence-electron chi connectivity index (χ4n) is 1.20. The van der Waals surface area contributed by atoms with E-state index in [0.29, 0.717) is 16.5 Å². The molecule has 0 bridgehead atoms. The Balaban J connectivity index is 2.91. The minimum Gasteiger partial charge on any atom is -0.391 e. The molecule has 4 heteroatoms. The lowest BCUT2D eigenvalue weighted by Gasteiger charge is -2.17. The fraction of sp³-hybridized carbons (Fsp3) is 0.400. The summed E-state index contributed by atoms with van der Waals surface area (Å²) in [6.45, 7) is 1.83. The van der Waals surface area contributed by atoms with Gasteiger partial charge in [0.1, 0.15) is 5.82 Å². The molecular weight excluding hydrogens is 249 g/mol. The van der Waals surface area contributed by atoms with Crippen LogP contribution in [-0.4, -0.2) is 11.2 Å². The zero-order valence-electron chi connectivity index (χ0n) is 7.87. The Bertz CT molecular complexity index is 319. The van der Waals surface area contributed by atoms with Crippen molar-refractivity contribution >= 4 is 15.9 Å². The van der Waals surface area contributed by atoms with Crippen LogP contribution in [-0.2, 0) is 0 Å². The molecule has 0 aliphatic heterocycles. The Morgan fingerprint density at radius 1 is 1.57 bits per heavy atom. The van der Waals surface area contributed by atoms with Gasteiger partial charge >= 0.3 is 0 Å². The van der Waals surface area contributed by atoms with E-state index in [0.717, 1.165) is 0 Å². The summed E-state index contributed by atoms with van der Waals surface area (Å²) in [5.74, 6) is -0.360. The van der Waals surface area contributed by atoms with Crippen molar-refractivity contribution in [3.63, 3.8) is 0 Å². The molecule has 0 spiro atoms. The molecule has 0 aliphatic carbocycles. The summed E-state index contributed by atoms with van der Waals surface area (Å²) in [5.41, 5.74) is 6.35. The van der Waals surface area contributed by atoms with Crippen LogP contribution in [0.1, 0.15) is 24.9 Å². The van der Waals surface area contributed by atoms with Crippen LogP contribution in [0.2, 0.25) is 0 Å². The van der Waals surface area contributed by atoms with Crippen molar-refractivity contribution in [2.75, 3.05) is 0 Å². The Labute approximate surface area is 91.1 Å². The van der Waals surface area contributed by atoms with Gasteiger partial charge in [-0.25, -0.2) is 4.39 Å². The molecule has 0 aromatic heterocycles. The number of nitrogens with two attached hydrogens (primary N) is 1. The van der Waals surface area contributed by atoms with Crippen molar-refractivity contribution in [3.05, 3.63) is 34.1 Å². The van der Waals surface area contributed by atoms with Crippen molar-refractivity contribution in [3.8, 4) is 0 Å². The molecule has 0 unspecified atom stereocenters. The highest BCUT2D eigenvalue weighted by Crippen LogP contribution is 2.22. The molecule has 0 radical (unpaired) electrons. The molecule has 1 aromatic carbocycles. The zero-order chi connectivity index (χ0) is 10.7. The summed E-state index contributed by atoms with van der Waals surface area (Å²) in [7, 11) is 0. The van der Waals surface area contributed by atoms with Gasteiger partial charge < -0.3 is 10.8 Å². The monoisotopic (exact) mass is 261 g/mol. The van der Waals surface area contributed by atoms with E-state index in [-0.39, 0.29) is 5.82 Å². The first kappa shape index (κ1) is 11.6. The number of hydrogen-bond acceptors (Lipinski definition) is 2. The second-order valence-corrected chi connectivity index (χ2v) is 4.03. The topological polar surface area (TPSA) is 46.2 Å². The Morgan fingerprint density at radius 2 is 2.21 bits per heavy atom. The van der Waals surface area contributed by atoms with Gasteiger partial charge in [-0.05, 0) is 40.0 Å². The van der Waals surface area contributed by atoms with E-state index in [1.165, 1.54) is 6.07 Å². The molecule has 0 heterocycles. The second-order valence-electron chi connectivity index (χ2n) is 3.17. The molecule has 0 fully saturated rings. The molecule has 0 saturated carbocycles. The highest BCUT2D eigenvalue weighted by atomic mass is 79.9. The normalized spacial score (nSPS) is 15.2. The molecule has 1 rings (SSSR count). The van der Waals surface area contributed by atoms with E-state index in [1.54, 1.807) is 12.1 Å². The Morgan fingerprint density at radius 3 is 2.71 bits per heavy atom. The first-order chi connectivity index (χ1) is 6.56. The van der Waals surface area contributed by atoms with E-state index < -0.39 is 12.1 Å². The zero-order valence-corrected chi connectivity index (χ0v) is 9.46. The lowest BCUT2D eigenvalue weighted by Crippen LogP contribution is -2.25. The van der Waals surface area contributed by atoms with E-state index in [9.17, 15) is 9.50 Å². The molecule has 0 saturated heterocycles. The summed E-state index contributed by atoms with van der Waals surface area (Å²) in [6.07, 6.45) is -0.0747. The molecule has 0 amide bonds. The van der Waals surface area contributed by atoms with Crippen LogP contribution in [0.5, 0.6) is 0 Å². The van der Waals surface area contributed by atoms with Gasteiger partial charge in [-0.15, -0.1) is 0 Å². The summed E-state index contributed by atoms with van der Waals surface area (Å²) < 4.78 is 13.5. The molecule has 14 heavy (non-hydrogen) atoms. The van der Waals surface area contributed by atoms with E-state index in [2.05, 4.69) is 15.9 Å². The summed E-state index contributed by atoms with van der Waals surface area (Å²) in [5, 5.41) is 9.48. The van der Waals surface area contributed by atoms with Crippen molar-refractivity contribution in [1.82, 2.24) is 0 Å². The number of hydrogen-bond donors (Lipinski definition) is 2. The standard InChI is InChI=1S/C10H13BrFNO/c1-2-9(14)10(13)6-3-4-7(11)8(12)5-6/h3-5,9-10,14H,2,13H2,1H3/t9-,10+/m0/s1. The maximum absolute atomic E-state index is 13.1. The average molecular weight is 262 g/mol. The van der Waals surface area contributed by atoms with Crippen LogP contribution in [0.15, 0.2) is 22.7 Å². The number of halogens is 2. The molecule has 0 aliphatic rings. The van der Waals surface area contributed by atoms with Crippen LogP contribution < -0.4 is 5.73 Å². The van der Waals surface area contributed by atoms with Gasteiger partial charge in [-0.1, -0.05) is 13.0 Å². The first-order valence-electron chi connectivity index (χ1n) is 4.44. The van der Waals surface area contributed by atoms with E-state index in [1.807, 2.05) is 6.92 Å². The number of aliphatic hydroxyl groups is 1. The molecule has 2 atom stereocenters. The lowest BCUT2D eigenvalue weighted by molar-refractivity contribution is 0.140. The number of benzene rings is 1. The van der Waals surface area contributed by atoms with E-state index in [4.69, 9.17) is 5.73 Å². The van der Waals surface area contributed by atoms with E-state index >= 15 is 0 Å². The van der Waals surface area contributed by atoms with Gasteiger partial charge in [0.25, 0.3) is 0 Å². The largest absolute Gasteiger partial charge is 0.391 e. The average Bonchev–Trinajstić information content (AvgIpc) is 2.20. The van der Waals surface area contributed by atoms with Crippen molar-refractivity contribution < 1.29 is 9.50 Å². The quantitative estimate of drug-likeness (QED) is 0.878. The Kier molecular flexibility index (Phi) is 4.04.